The van der Waals surface area contributed by atoms with Crippen LogP contribution in [-0.2, 0) is 17.5 Å². The fourth-order valence-corrected chi connectivity index (χ4v) is 2.77. The molecule has 27 heavy (non-hydrogen) atoms. The van der Waals surface area contributed by atoms with Gasteiger partial charge in [0.05, 0.1) is 17.8 Å². The molecular formula is C18H15F3N2O4. The highest BCUT2D eigenvalue weighted by molar-refractivity contribution is 6.01. The predicted molar refractivity (Wildman–Crippen MR) is 88.6 cm³/mol. The highest BCUT2D eigenvalue weighted by atomic mass is 19.4. The molecule has 0 fully saturated rings. The summed E-state index contributed by atoms with van der Waals surface area (Å²) >= 11 is 0. The number of anilines is 1. The van der Waals surface area contributed by atoms with Gasteiger partial charge in [0.2, 0.25) is 0 Å². The van der Waals surface area contributed by atoms with Crippen LogP contribution in [0.1, 0.15) is 27.0 Å². The molecule has 142 valence electrons. The fourth-order valence-electron chi connectivity index (χ4n) is 2.77. The lowest BCUT2D eigenvalue weighted by Crippen LogP contribution is -2.38. The predicted octanol–water partition coefficient (Wildman–Crippen LogP) is 3.06. The average Bonchev–Trinajstić information content (AvgIpc) is 2.63. The summed E-state index contributed by atoms with van der Waals surface area (Å²) in [4.78, 5) is 25.2. The molecule has 0 unspecified atom stereocenters. The van der Waals surface area contributed by atoms with Crippen molar-refractivity contribution in [3.8, 4) is 5.75 Å². The Balaban J connectivity index is 2.01. The third kappa shape index (κ3) is 3.72. The van der Waals surface area contributed by atoms with Crippen LogP contribution in [0.4, 0.5) is 18.9 Å². The Morgan fingerprint density at radius 2 is 2.00 bits per heavy atom. The van der Waals surface area contributed by atoms with Gasteiger partial charge in [0, 0.05) is 5.56 Å². The molecule has 0 saturated carbocycles. The van der Waals surface area contributed by atoms with Crippen LogP contribution in [0.2, 0.25) is 0 Å². The molecule has 2 amide bonds. The van der Waals surface area contributed by atoms with Crippen LogP contribution in [-0.4, -0.2) is 23.6 Å². The Labute approximate surface area is 152 Å². The highest BCUT2D eigenvalue weighted by Crippen LogP contribution is 2.35. The second-order valence-electron chi connectivity index (χ2n) is 6.03. The average molecular weight is 380 g/mol. The van der Waals surface area contributed by atoms with Gasteiger partial charge >= 0.3 is 6.18 Å². The van der Waals surface area contributed by atoms with Crippen LogP contribution in [0.3, 0.4) is 0 Å². The number of nitrogens with zero attached hydrogens (tertiary/aromatic N) is 1. The van der Waals surface area contributed by atoms with Crippen molar-refractivity contribution in [2.24, 2.45) is 0 Å². The number of carbonyl (C=O) groups is 2. The normalized spacial score (nSPS) is 13.8. The van der Waals surface area contributed by atoms with E-state index in [0.29, 0.717) is 16.9 Å². The van der Waals surface area contributed by atoms with E-state index in [9.17, 15) is 22.8 Å². The summed E-state index contributed by atoms with van der Waals surface area (Å²) < 4.78 is 44.3. The molecule has 1 aliphatic heterocycles. The van der Waals surface area contributed by atoms with E-state index in [1.165, 1.54) is 34.6 Å². The summed E-state index contributed by atoms with van der Waals surface area (Å²) in [6.07, 6.45) is -4.50. The molecule has 2 aromatic carbocycles. The van der Waals surface area contributed by atoms with E-state index in [2.05, 4.69) is 0 Å². The maximum atomic E-state index is 13.0. The van der Waals surface area contributed by atoms with Gasteiger partial charge in [-0.1, -0.05) is 6.07 Å². The summed E-state index contributed by atoms with van der Waals surface area (Å²) in [6, 6.07) is 7.52. The smallest absolute Gasteiger partial charge is 0.416 e. The van der Waals surface area contributed by atoms with Crippen molar-refractivity contribution in [3.63, 3.8) is 0 Å². The number of hydroxylamine groups is 1. The van der Waals surface area contributed by atoms with E-state index < -0.39 is 23.6 Å². The molecule has 1 aliphatic rings. The molecule has 9 heteroatoms. The van der Waals surface area contributed by atoms with E-state index >= 15 is 0 Å². The van der Waals surface area contributed by atoms with Crippen LogP contribution in [0.5, 0.6) is 5.75 Å². The first-order valence-electron chi connectivity index (χ1n) is 7.89. The molecule has 2 N–H and O–H groups in total. The van der Waals surface area contributed by atoms with E-state index in [1.807, 2.05) is 0 Å². The van der Waals surface area contributed by atoms with Crippen molar-refractivity contribution in [2.75, 3.05) is 11.5 Å². The maximum absolute atomic E-state index is 13.0. The number of carbonyl (C=O) groups excluding carboxylic acids is 2. The maximum Gasteiger partial charge on any atom is 0.416 e. The van der Waals surface area contributed by atoms with Gasteiger partial charge in [-0.2, -0.15) is 13.2 Å². The molecule has 3 rings (SSSR count). The molecule has 0 atom stereocenters. The lowest BCUT2D eigenvalue weighted by molar-refractivity contribution is -0.137. The van der Waals surface area contributed by atoms with Crippen LogP contribution in [0.25, 0.3) is 0 Å². The minimum Gasteiger partial charge on any atom is -0.482 e. The zero-order chi connectivity index (χ0) is 19.8. The van der Waals surface area contributed by atoms with Gasteiger partial charge in [-0.25, -0.2) is 5.48 Å². The summed E-state index contributed by atoms with van der Waals surface area (Å²) in [5.74, 6) is -0.930. The molecule has 0 saturated heterocycles. The fraction of sp³-hybridized carbons (Fsp3) is 0.222. The molecule has 0 aliphatic carbocycles. The van der Waals surface area contributed by atoms with Gasteiger partial charge in [0.15, 0.2) is 6.61 Å². The monoisotopic (exact) mass is 380 g/mol. The number of hydrogen-bond acceptors (Lipinski definition) is 4. The Hall–Kier alpha value is -3.07. The summed E-state index contributed by atoms with van der Waals surface area (Å²) in [5, 5.41) is 8.77. The van der Waals surface area contributed by atoms with Crippen LogP contribution < -0.4 is 15.1 Å². The summed E-state index contributed by atoms with van der Waals surface area (Å²) in [5.41, 5.74) is 1.90. The largest absolute Gasteiger partial charge is 0.482 e. The van der Waals surface area contributed by atoms with Crippen molar-refractivity contribution >= 4 is 17.5 Å². The first-order chi connectivity index (χ1) is 12.7. The van der Waals surface area contributed by atoms with E-state index in [4.69, 9.17) is 9.94 Å². The van der Waals surface area contributed by atoms with Gasteiger partial charge in [-0.05, 0) is 48.4 Å². The molecule has 1 heterocycles. The number of aryl methyl sites for hydroxylation is 1. The molecule has 2 aromatic rings. The van der Waals surface area contributed by atoms with Crippen molar-refractivity contribution in [2.45, 2.75) is 19.6 Å². The topological polar surface area (TPSA) is 78.9 Å². The lowest BCUT2D eigenvalue weighted by Gasteiger charge is -2.30. The number of hydrogen-bond donors (Lipinski definition) is 2. The first kappa shape index (κ1) is 18.7. The number of rotatable bonds is 3. The van der Waals surface area contributed by atoms with E-state index in [-0.39, 0.29) is 24.4 Å². The third-order valence-corrected chi connectivity index (χ3v) is 4.27. The number of halogens is 3. The van der Waals surface area contributed by atoms with Crippen molar-refractivity contribution in [3.05, 3.63) is 58.7 Å². The Kier molecular flexibility index (Phi) is 4.79. The first-order valence-corrected chi connectivity index (χ1v) is 7.89. The van der Waals surface area contributed by atoms with Gasteiger partial charge in [0.1, 0.15) is 5.75 Å². The lowest BCUT2D eigenvalue weighted by atomic mass is 10.0. The van der Waals surface area contributed by atoms with Gasteiger partial charge < -0.3 is 9.64 Å². The Morgan fingerprint density at radius 3 is 2.67 bits per heavy atom. The number of amides is 2. The third-order valence-electron chi connectivity index (χ3n) is 4.27. The van der Waals surface area contributed by atoms with Crippen LogP contribution in [0, 0.1) is 6.92 Å². The second kappa shape index (κ2) is 6.92. The van der Waals surface area contributed by atoms with Crippen LogP contribution >= 0.6 is 0 Å². The number of benzene rings is 2. The second-order valence-corrected chi connectivity index (χ2v) is 6.03. The minimum atomic E-state index is -4.50. The zero-order valence-electron chi connectivity index (χ0n) is 14.1. The number of fused-ring (bicyclic) bond motifs is 1. The molecule has 0 spiro atoms. The van der Waals surface area contributed by atoms with E-state index in [1.54, 1.807) is 6.92 Å². The Morgan fingerprint density at radius 1 is 1.26 bits per heavy atom. The van der Waals surface area contributed by atoms with Crippen molar-refractivity contribution < 1.29 is 32.7 Å². The van der Waals surface area contributed by atoms with Crippen molar-refractivity contribution in [1.82, 2.24) is 5.48 Å². The van der Waals surface area contributed by atoms with Gasteiger partial charge in [-0.3, -0.25) is 14.8 Å². The number of alkyl halides is 3. The molecule has 0 radical (unpaired) electrons. The van der Waals surface area contributed by atoms with Crippen molar-refractivity contribution in [1.29, 1.82) is 0 Å². The molecule has 0 aromatic heterocycles. The SMILES string of the molecule is Cc1ccc(C(F)(F)F)cc1CN1C(=O)COc2ccc(C(=O)NO)cc21. The van der Waals surface area contributed by atoms with Crippen LogP contribution in [0.15, 0.2) is 36.4 Å². The number of ether oxygens (including phenoxy) is 1. The summed E-state index contributed by atoms with van der Waals surface area (Å²) in [6.45, 7) is 1.27. The summed E-state index contributed by atoms with van der Waals surface area (Å²) in [7, 11) is 0. The standard InChI is InChI=1S/C18H15F3N2O4/c1-10-2-4-13(18(19,20)21)6-12(10)8-23-14-7-11(17(25)22-26)3-5-15(14)27-9-16(23)24/h2-7,26H,8-9H2,1H3,(H,22,25). The van der Waals surface area contributed by atoms with Gasteiger partial charge in [-0.15, -0.1) is 0 Å². The zero-order valence-corrected chi connectivity index (χ0v) is 14.1. The molecule has 0 bridgehead atoms. The molecule has 6 nitrogen and oxygen atoms in total. The molecular weight excluding hydrogens is 365 g/mol. The van der Waals surface area contributed by atoms with E-state index in [0.717, 1.165) is 12.1 Å². The number of nitrogens with one attached hydrogen (secondary N) is 1. The minimum absolute atomic E-state index is 0.0697. The Bertz CT molecular complexity index is 912. The van der Waals surface area contributed by atoms with Gasteiger partial charge in [0.25, 0.3) is 11.8 Å². The quantitative estimate of drug-likeness (QED) is 0.634. The highest BCUT2D eigenvalue weighted by Gasteiger charge is 2.32.